The summed E-state index contributed by atoms with van der Waals surface area (Å²) in [6, 6.07) is 0. The number of nitrogens with one attached hydrogen (secondary N) is 1. The van der Waals surface area contributed by atoms with Gasteiger partial charge < -0.3 is 5.73 Å². The Morgan fingerprint density at radius 3 is 2.64 bits per heavy atom. The number of guanidine groups is 1. The average molecular weight is 156 g/mol. The molecule has 0 heterocycles. The van der Waals surface area contributed by atoms with Crippen LogP contribution in [0.4, 0.5) is 0 Å². The number of hydrogen-bond acceptors (Lipinski definition) is 2. The van der Waals surface area contributed by atoms with Gasteiger partial charge in [-0.1, -0.05) is 13.8 Å². The van der Waals surface area contributed by atoms with Gasteiger partial charge in [-0.25, -0.2) is 5.84 Å². The molecule has 0 aliphatic heterocycles. The molecule has 0 spiro atoms. The van der Waals surface area contributed by atoms with Gasteiger partial charge in [0.05, 0.1) is 0 Å². The molecular weight excluding hydrogens is 140 g/mol. The molecule has 0 aromatic heterocycles. The summed E-state index contributed by atoms with van der Waals surface area (Å²) < 4.78 is 0. The monoisotopic (exact) mass is 156 g/mol. The molecule has 0 amide bonds. The zero-order chi connectivity index (χ0) is 8.48. The van der Waals surface area contributed by atoms with E-state index in [1.807, 2.05) is 0 Å². The van der Waals surface area contributed by atoms with Crippen molar-refractivity contribution in [3.8, 4) is 0 Å². The second kappa shape index (κ2) is 2.70. The van der Waals surface area contributed by atoms with Gasteiger partial charge in [0, 0.05) is 6.54 Å². The first-order valence-electron chi connectivity index (χ1n) is 3.83. The number of nitrogens with zero attached hydrogens (tertiary/aromatic N) is 1. The van der Waals surface area contributed by atoms with Gasteiger partial charge in [-0.05, 0) is 17.8 Å². The number of hydrogen-bond donors (Lipinski definition) is 3. The molecule has 1 aliphatic rings. The summed E-state index contributed by atoms with van der Waals surface area (Å²) in [6.45, 7) is 5.27. The van der Waals surface area contributed by atoms with Crippen molar-refractivity contribution in [1.82, 2.24) is 5.43 Å². The minimum absolute atomic E-state index is 0.327. The first-order valence-corrected chi connectivity index (χ1v) is 3.83. The van der Waals surface area contributed by atoms with Crippen LogP contribution in [0.3, 0.4) is 0 Å². The summed E-state index contributed by atoms with van der Waals surface area (Å²) in [5, 5.41) is 0. The van der Waals surface area contributed by atoms with E-state index in [1.165, 1.54) is 6.42 Å². The van der Waals surface area contributed by atoms with Crippen LogP contribution in [0.1, 0.15) is 20.3 Å². The van der Waals surface area contributed by atoms with Crippen LogP contribution in [-0.4, -0.2) is 12.5 Å². The van der Waals surface area contributed by atoms with Gasteiger partial charge >= 0.3 is 0 Å². The third-order valence-electron chi connectivity index (χ3n) is 2.35. The van der Waals surface area contributed by atoms with Crippen molar-refractivity contribution < 1.29 is 0 Å². The summed E-state index contributed by atoms with van der Waals surface area (Å²) in [4.78, 5) is 4.06. The Balaban J connectivity index is 2.25. The van der Waals surface area contributed by atoms with E-state index in [0.717, 1.165) is 6.54 Å². The van der Waals surface area contributed by atoms with E-state index in [1.54, 1.807) is 0 Å². The van der Waals surface area contributed by atoms with Crippen LogP contribution in [0.2, 0.25) is 0 Å². The first-order chi connectivity index (χ1) is 5.06. The maximum Gasteiger partial charge on any atom is 0.203 e. The third kappa shape index (κ3) is 2.08. The van der Waals surface area contributed by atoms with Crippen molar-refractivity contribution in [1.29, 1.82) is 0 Å². The summed E-state index contributed by atoms with van der Waals surface area (Å²) in [6.07, 6.45) is 1.24. The summed E-state index contributed by atoms with van der Waals surface area (Å²) in [5.74, 6) is 6.06. The van der Waals surface area contributed by atoms with E-state index < -0.39 is 0 Å². The molecule has 0 radical (unpaired) electrons. The van der Waals surface area contributed by atoms with Crippen LogP contribution in [0.25, 0.3) is 0 Å². The molecule has 0 aromatic carbocycles. The molecule has 0 aromatic rings. The van der Waals surface area contributed by atoms with Crippen molar-refractivity contribution in [2.45, 2.75) is 20.3 Å². The smallest absolute Gasteiger partial charge is 0.203 e. The molecule has 1 saturated carbocycles. The van der Waals surface area contributed by atoms with Crippen molar-refractivity contribution in [3.05, 3.63) is 0 Å². The Bertz CT molecular complexity index is 173. The normalized spacial score (nSPS) is 28.3. The Morgan fingerprint density at radius 2 is 2.27 bits per heavy atom. The molecule has 4 heteroatoms. The predicted octanol–water partition coefficient (Wildman–Crippen LogP) is -0.189. The van der Waals surface area contributed by atoms with Gasteiger partial charge in [0.1, 0.15) is 0 Å². The number of nitrogens with two attached hydrogens (primary N) is 2. The Kier molecular flexibility index (Phi) is 2.04. The highest BCUT2D eigenvalue weighted by molar-refractivity contribution is 5.77. The second-order valence-corrected chi connectivity index (χ2v) is 3.76. The molecule has 1 unspecified atom stereocenters. The standard InChI is InChI=1S/C7H16N4/c1-7(2)3-5(7)4-10-6(8)11-9/h5H,3-4,9H2,1-2H3,(H3,8,10,11). The molecule has 1 fully saturated rings. The van der Waals surface area contributed by atoms with E-state index in [4.69, 9.17) is 11.6 Å². The van der Waals surface area contributed by atoms with Crippen molar-refractivity contribution >= 4 is 5.96 Å². The quantitative estimate of drug-likeness (QED) is 0.224. The molecule has 1 rings (SSSR count). The molecule has 64 valence electrons. The number of hydrazine groups is 1. The maximum atomic E-state index is 5.35. The molecule has 1 atom stereocenters. The average Bonchev–Trinajstić information content (AvgIpc) is 2.54. The van der Waals surface area contributed by atoms with Crippen LogP contribution in [0.5, 0.6) is 0 Å². The topological polar surface area (TPSA) is 76.4 Å². The first kappa shape index (κ1) is 8.33. The van der Waals surface area contributed by atoms with Crippen molar-refractivity contribution in [2.24, 2.45) is 27.9 Å². The lowest BCUT2D eigenvalue weighted by molar-refractivity contribution is 0.565. The van der Waals surface area contributed by atoms with Crippen LogP contribution >= 0.6 is 0 Å². The van der Waals surface area contributed by atoms with Crippen LogP contribution in [-0.2, 0) is 0 Å². The van der Waals surface area contributed by atoms with Gasteiger partial charge in [-0.3, -0.25) is 10.4 Å². The van der Waals surface area contributed by atoms with Gasteiger partial charge in [0.15, 0.2) is 0 Å². The number of rotatable bonds is 2. The maximum absolute atomic E-state index is 5.35. The van der Waals surface area contributed by atoms with Gasteiger partial charge in [-0.15, -0.1) is 0 Å². The zero-order valence-electron chi connectivity index (χ0n) is 7.09. The fraction of sp³-hybridized carbons (Fsp3) is 0.857. The summed E-state index contributed by atoms with van der Waals surface area (Å²) >= 11 is 0. The van der Waals surface area contributed by atoms with Crippen molar-refractivity contribution in [3.63, 3.8) is 0 Å². The van der Waals surface area contributed by atoms with E-state index in [2.05, 4.69) is 24.3 Å². The van der Waals surface area contributed by atoms with Crippen LogP contribution < -0.4 is 17.0 Å². The molecule has 0 saturated heterocycles. The van der Waals surface area contributed by atoms with Crippen molar-refractivity contribution in [2.75, 3.05) is 6.54 Å². The SMILES string of the molecule is CC1(C)CC1CN=C(N)NN. The molecule has 11 heavy (non-hydrogen) atoms. The molecular formula is C7H16N4. The zero-order valence-corrected chi connectivity index (χ0v) is 7.09. The largest absolute Gasteiger partial charge is 0.369 e. The predicted molar refractivity (Wildman–Crippen MR) is 45.7 cm³/mol. The van der Waals surface area contributed by atoms with E-state index >= 15 is 0 Å². The summed E-state index contributed by atoms with van der Waals surface area (Å²) in [7, 11) is 0. The molecule has 0 bridgehead atoms. The molecule has 1 aliphatic carbocycles. The highest BCUT2D eigenvalue weighted by Crippen LogP contribution is 2.51. The highest BCUT2D eigenvalue weighted by Gasteiger charge is 2.44. The van der Waals surface area contributed by atoms with E-state index in [0.29, 0.717) is 17.3 Å². The Labute approximate surface area is 67.0 Å². The van der Waals surface area contributed by atoms with Crippen LogP contribution in [0, 0.1) is 11.3 Å². The van der Waals surface area contributed by atoms with Gasteiger partial charge in [0.25, 0.3) is 0 Å². The second-order valence-electron chi connectivity index (χ2n) is 3.76. The number of aliphatic imine (C=N–C) groups is 1. The summed E-state index contributed by atoms with van der Waals surface area (Å²) in [5.41, 5.74) is 8.13. The fourth-order valence-corrected chi connectivity index (χ4v) is 1.14. The Hall–Kier alpha value is -0.770. The lowest BCUT2D eigenvalue weighted by atomic mass is 10.1. The lowest BCUT2D eigenvalue weighted by Crippen LogP contribution is -2.37. The molecule has 5 N–H and O–H groups in total. The fourth-order valence-electron chi connectivity index (χ4n) is 1.14. The highest BCUT2D eigenvalue weighted by atomic mass is 15.3. The van der Waals surface area contributed by atoms with E-state index in [9.17, 15) is 0 Å². The third-order valence-corrected chi connectivity index (χ3v) is 2.35. The van der Waals surface area contributed by atoms with Gasteiger partial charge in [-0.2, -0.15) is 0 Å². The molecule has 4 nitrogen and oxygen atoms in total. The van der Waals surface area contributed by atoms with Crippen LogP contribution in [0.15, 0.2) is 4.99 Å². The van der Waals surface area contributed by atoms with E-state index in [-0.39, 0.29) is 0 Å². The minimum atomic E-state index is 0.327. The lowest BCUT2D eigenvalue weighted by Gasteiger charge is -2.00. The minimum Gasteiger partial charge on any atom is -0.369 e. The Morgan fingerprint density at radius 1 is 1.73 bits per heavy atom. The van der Waals surface area contributed by atoms with Gasteiger partial charge in [0.2, 0.25) is 5.96 Å².